The number of furan rings is 1. The van der Waals surface area contributed by atoms with E-state index in [2.05, 4.69) is 23.5 Å². The topological polar surface area (TPSA) is 52.2 Å². The number of aryl methyl sites for hydroxylation is 2. The van der Waals surface area contributed by atoms with E-state index in [-0.39, 0.29) is 6.10 Å². The maximum Gasteiger partial charge on any atom is 0.117 e. The molecular weight excluding hydrogens is 266 g/mol. The highest BCUT2D eigenvalue weighted by atomic mass is 16.5. The van der Waals surface area contributed by atoms with Crippen molar-refractivity contribution >= 4 is 0 Å². The molecule has 0 saturated carbocycles. The third kappa shape index (κ3) is 3.36. The molecule has 0 radical (unpaired) electrons. The molecule has 1 N–H and O–H groups in total. The molecule has 3 heterocycles. The van der Waals surface area contributed by atoms with Gasteiger partial charge in [0.05, 0.1) is 18.8 Å². The van der Waals surface area contributed by atoms with E-state index < -0.39 is 0 Å². The molecule has 3 rings (SSSR count). The van der Waals surface area contributed by atoms with Crippen LogP contribution in [0.1, 0.15) is 36.5 Å². The molecule has 0 aromatic carbocycles. The zero-order valence-corrected chi connectivity index (χ0v) is 12.7. The lowest BCUT2D eigenvalue weighted by atomic mass is 9.97. The fraction of sp³-hybridized carbons (Fsp3) is 0.562. The molecular formula is C16H23N3O2. The van der Waals surface area contributed by atoms with Gasteiger partial charge in [0.15, 0.2) is 0 Å². The van der Waals surface area contributed by atoms with Crippen LogP contribution in [0.15, 0.2) is 28.9 Å². The molecule has 2 atom stereocenters. The van der Waals surface area contributed by atoms with Gasteiger partial charge in [0, 0.05) is 37.4 Å². The summed E-state index contributed by atoms with van der Waals surface area (Å²) in [6, 6.07) is 4.02. The van der Waals surface area contributed by atoms with Crippen molar-refractivity contribution in [2.75, 3.05) is 13.2 Å². The number of nitrogens with zero attached hydrogens (tertiary/aromatic N) is 2. The first-order chi connectivity index (χ1) is 10.3. The van der Waals surface area contributed by atoms with Gasteiger partial charge < -0.3 is 14.5 Å². The molecule has 1 aliphatic heterocycles. The lowest BCUT2D eigenvalue weighted by Crippen LogP contribution is -2.24. The Kier molecular flexibility index (Phi) is 4.41. The van der Waals surface area contributed by atoms with Crippen molar-refractivity contribution < 1.29 is 9.15 Å². The highest BCUT2D eigenvalue weighted by Crippen LogP contribution is 2.33. The minimum absolute atomic E-state index is 0.163. The van der Waals surface area contributed by atoms with Crippen molar-refractivity contribution in [1.82, 2.24) is 15.1 Å². The number of ether oxygens (including phenoxy) is 1. The number of aromatic nitrogens is 2. The van der Waals surface area contributed by atoms with Crippen molar-refractivity contribution in [1.29, 1.82) is 0 Å². The van der Waals surface area contributed by atoms with Crippen LogP contribution >= 0.6 is 0 Å². The highest BCUT2D eigenvalue weighted by molar-refractivity contribution is 5.11. The summed E-state index contributed by atoms with van der Waals surface area (Å²) in [6.07, 6.45) is 5.28. The molecule has 1 saturated heterocycles. The molecule has 2 aromatic heterocycles. The second-order valence-corrected chi connectivity index (χ2v) is 5.61. The molecule has 114 valence electrons. The largest absolute Gasteiger partial charge is 0.465 e. The lowest BCUT2D eigenvalue weighted by molar-refractivity contribution is 0.0902. The van der Waals surface area contributed by atoms with Crippen LogP contribution in [0.25, 0.3) is 0 Å². The standard InChI is InChI=1S/C16H23N3O2/c1-3-19-11-14(9-18-19)16-13(6-7-20-16)8-17-10-15-5-4-12(2)21-15/h4-5,9,11,13,16-17H,3,6-8,10H2,1-2H3/t13-,16-/m0/s1. The van der Waals surface area contributed by atoms with Gasteiger partial charge in [0.2, 0.25) is 0 Å². The van der Waals surface area contributed by atoms with Crippen LogP contribution in [0.4, 0.5) is 0 Å². The Labute approximate surface area is 125 Å². The van der Waals surface area contributed by atoms with Crippen molar-refractivity contribution in [3.63, 3.8) is 0 Å². The monoisotopic (exact) mass is 289 g/mol. The minimum atomic E-state index is 0.163. The van der Waals surface area contributed by atoms with Crippen LogP contribution < -0.4 is 5.32 Å². The molecule has 5 heteroatoms. The number of nitrogens with one attached hydrogen (secondary N) is 1. The van der Waals surface area contributed by atoms with Crippen molar-refractivity contribution in [3.8, 4) is 0 Å². The van der Waals surface area contributed by atoms with Gasteiger partial charge in [0.1, 0.15) is 11.5 Å². The summed E-state index contributed by atoms with van der Waals surface area (Å²) in [5.74, 6) is 2.44. The predicted molar refractivity (Wildman–Crippen MR) is 79.9 cm³/mol. The van der Waals surface area contributed by atoms with Crippen LogP contribution in [-0.2, 0) is 17.8 Å². The van der Waals surface area contributed by atoms with E-state index in [1.54, 1.807) is 0 Å². The maximum absolute atomic E-state index is 5.90. The first-order valence-electron chi connectivity index (χ1n) is 7.66. The molecule has 0 unspecified atom stereocenters. The van der Waals surface area contributed by atoms with Crippen LogP contribution in [0, 0.1) is 12.8 Å². The number of hydrogen-bond donors (Lipinski definition) is 1. The Morgan fingerprint density at radius 3 is 3.05 bits per heavy atom. The SMILES string of the molecule is CCn1cc([C@H]2OCC[C@H]2CNCc2ccc(C)o2)cn1. The Hall–Kier alpha value is -1.59. The summed E-state index contributed by atoms with van der Waals surface area (Å²) >= 11 is 0. The zero-order chi connectivity index (χ0) is 14.7. The van der Waals surface area contributed by atoms with Crippen molar-refractivity contribution in [3.05, 3.63) is 41.6 Å². The van der Waals surface area contributed by atoms with Gasteiger partial charge in [-0.2, -0.15) is 5.10 Å². The molecule has 1 fully saturated rings. The van der Waals surface area contributed by atoms with E-state index in [1.165, 1.54) is 5.56 Å². The summed E-state index contributed by atoms with van der Waals surface area (Å²) in [5.41, 5.74) is 1.19. The first-order valence-corrected chi connectivity index (χ1v) is 7.66. The Balaban J connectivity index is 1.54. The Morgan fingerprint density at radius 2 is 2.33 bits per heavy atom. The first kappa shape index (κ1) is 14.4. The summed E-state index contributed by atoms with van der Waals surface area (Å²) in [4.78, 5) is 0. The molecule has 0 aliphatic carbocycles. The lowest BCUT2D eigenvalue weighted by Gasteiger charge is -2.17. The van der Waals surface area contributed by atoms with Gasteiger partial charge >= 0.3 is 0 Å². The smallest absolute Gasteiger partial charge is 0.117 e. The van der Waals surface area contributed by atoms with Crippen LogP contribution in [0.5, 0.6) is 0 Å². The van der Waals surface area contributed by atoms with Crippen LogP contribution in [0.2, 0.25) is 0 Å². The average molecular weight is 289 g/mol. The molecule has 0 bridgehead atoms. The zero-order valence-electron chi connectivity index (χ0n) is 12.7. The predicted octanol–water partition coefficient (Wildman–Crippen LogP) is 2.67. The van der Waals surface area contributed by atoms with E-state index >= 15 is 0 Å². The highest BCUT2D eigenvalue weighted by Gasteiger charge is 2.30. The molecule has 2 aromatic rings. The second-order valence-electron chi connectivity index (χ2n) is 5.61. The number of hydrogen-bond acceptors (Lipinski definition) is 4. The van der Waals surface area contributed by atoms with Gasteiger partial charge in [-0.25, -0.2) is 0 Å². The molecule has 0 amide bonds. The van der Waals surface area contributed by atoms with Gasteiger partial charge in [0.25, 0.3) is 0 Å². The summed E-state index contributed by atoms with van der Waals surface area (Å²) in [6.45, 7) is 7.49. The quantitative estimate of drug-likeness (QED) is 0.888. The Morgan fingerprint density at radius 1 is 1.43 bits per heavy atom. The van der Waals surface area contributed by atoms with E-state index in [4.69, 9.17) is 9.15 Å². The third-order valence-electron chi connectivity index (χ3n) is 4.02. The van der Waals surface area contributed by atoms with E-state index in [0.29, 0.717) is 5.92 Å². The van der Waals surface area contributed by atoms with E-state index in [0.717, 1.165) is 44.2 Å². The fourth-order valence-corrected chi connectivity index (χ4v) is 2.87. The number of rotatable bonds is 6. The fourth-order valence-electron chi connectivity index (χ4n) is 2.87. The van der Waals surface area contributed by atoms with Crippen molar-refractivity contribution in [2.45, 2.75) is 39.5 Å². The summed E-state index contributed by atoms with van der Waals surface area (Å²) in [5, 5.41) is 7.82. The average Bonchev–Trinajstić information content (AvgIpc) is 3.19. The van der Waals surface area contributed by atoms with Gasteiger partial charge in [-0.15, -0.1) is 0 Å². The molecule has 0 spiro atoms. The third-order valence-corrected chi connectivity index (χ3v) is 4.02. The van der Waals surface area contributed by atoms with Gasteiger partial charge in [-0.1, -0.05) is 0 Å². The molecule has 1 aliphatic rings. The Bertz CT molecular complexity index is 576. The van der Waals surface area contributed by atoms with Gasteiger partial charge in [-0.05, 0) is 32.4 Å². The van der Waals surface area contributed by atoms with Gasteiger partial charge in [-0.3, -0.25) is 4.68 Å². The summed E-state index contributed by atoms with van der Waals surface area (Å²) in [7, 11) is 0. The minimum Gasteiger partial charge on any atom is -0.465 e. The molecule has 5 nitrogen and oxygen atoms in total. The van der Waals surface area contributed by atoms with Crippen molar-refractivity contribution in [2.24, 2.45) is 5.92 Å². The second kappa shape index (κ2) is 6.45. The molecule has 21 heavy (non-hydrogen) atoms. The summed E-state index contributed by atoms with van der Waals surface area (Å²) < 4.78 is 13.4. The normalized spacial score (nSPS) is 22.0. The van der Waals surface area contributed by atoms with E-state index in [1.807, 2.05) is 29.9 Å². The maximum atomic E-state index is 5.90. The van der Waals surface area contributed by atoms with E-state index in [9.17, 15) is 0 Å². The van der Waals surface area contributed by atoms with Crippen LogP contribution in [0.3, 0.4) is 0 Å². The van der Waals surface area contributed by atoms with Crippen LogP contribution in [-0.4, -0.2) is 22.9 Å².